The predicted molar refractivity (Wildman–Crippen MR) is 88.6 cm³/mol. The molecule has 0 aliphatic carbocycles. The number of phenols is 1. The third-order valence-corrected chi connectivity index (χ3v) is 4.02. The Balaban J connectivity index is 1.70. The topological polar surface area (TPSA) is 63.6 Å². The minimum atomic E-state index is 0.288. The van der Waals surface area contributed by atoms with Crippen LogP contribution in [0.25, 0.3) is 11.3 Å². The van der Waals surface area contributed by atoms with E-state index < -0.39 is 0 Å². The number of pyridine rings is 1. The van der Waals surface area contributed by atoms with Gasteiger partial charge in [-0.2, -0.15) is 0 Å². The highest BCUT2D eigenvalue weighted by Crippen LogP contribution is 2.26. The highest BCUT2D eigenvalue weighted by molar-refractivity contribution is 5.62. The van der Waals surface area contributed by atoms with E-state index >= 15 is 0 Å². The van der Waals surface area contributed by atoms with Crippen molar-refractivity contribution in [2.75, 3.05) is 20.3 Å². The first-order valence-corrected chi connectivity index (χ1v) is 7.92. The van der Waals surface area contributed by atoms with Gasteiger partial charge in [0.25, 0.3) is 0 Å². The molecule has 1 fully saturated rings. The van der Waals surface area contributed by atoms with E-state index in [9.17, 15) is 5.11 Å². The average Bonchev–Trinajstić information content (AvgIpc) is 3.10. The second-order valence-corrected chi connectivity index (χ2v) is 5.67. The number of aromatic nitrogens is 1. The van der Waals surface area contributed by atoms with E-state index in [0.717, 1.165) is 42.8 Å². The molecular formula is C18H22N2O3. The standard InChI is InChI=1S/C18H22N2O3/c1-22-18-6-2-5-16(20-18)13-7-8-17(21)14(10-13)11-19-12-15-4-3-9-23-15/h2,5-8,10,15,19,21H,3-4,9,11-12H2,1H3. The molecule has 0 bridgehead atoms. The van der Waals surface area contributed by atoms with Gasteiger partial charge in [0.2, 0.25) is 5.88 Å². The van der Waals surface area contributed by atoms with Crippen molar-refractivity contribution >= 4 is 0 Å². The van der Waals surface area contributed by atoms with Gasteiger partial charge < -0.3 is 19.9 Å². The van der Waals surface area contributed by atoms with E-state index in [0.29, 0.717) is 18.5 Å². The third-order valence-electron chi connectivity index (χ3n) is 4.02. The maximum Gasteiger partial charge on any atom is 0.213 e. The molecule has 122 valence electrons. The SMILES string of the molecule is COc1cccc(-c2ccc(O)c(CNCC3CCCO3)c2)n1. The maximum atomic E-state index is 10.1. The summed E-state index contributed by atoms with van der Waals surface area (Å²) in [4.78, 5) is 4.43. The molecule has 0 amide bonds. The van der Waals surface area contributed by atoms with Gasteiger partial charge in [-0.15, -0.1) is 0 Å². The van der Waals surface area contributed by atoms with Gasteiger partial charge in [-0.3, -0.25) is 0 Å². The monoisotopic (exact) mass is 314 g/mol. The summed E-state index contributed by atoms with van der Waals surface area (Å²) in [6, 6.07) is 11.2. The fourth-order valence-electron chi connectivity index (χ4n) is 2.75. The Hall–Kier alpha value is -2.11. The van der Waals surface area contributed by atoms with Gasteiger partial charge in [-0.25, -0.2) is 4.98 Å². The summed E-state index contributed by atoms with van der Waals surface area (Å²) in [7, 11) is 1.60. The molecule has 23 heavy (non-hydrogen) atoms. The van der Waals surface area contributed by atoms with Gasteiger partial charge in [0.05, 0.1) is 18.9 Å². The fraction of sp³-hybridized carbons (Fsp3) is 0.389. The molecule has 1 aromatic carbocycles. The number of hydrogen-bond acceptors (Lipinski definition) is 5. The average molecular weight is 314 g/mol. The number of hydrogen-bond donors (Lipinski definition) is 2. The van der Waals surface area contributed by atoms with Crippen molar-refractivity contribution < 1.29 is 14.6 Å². The molecule has 1 saturated heterocycles. The zero-order chi connectivity index (χ0) is 16.1. The summed E-state index contributed by atoms with van der Waals surface area (Å²) in [5.74, 6) is 0.866. The third kappa shape index (κ3) is 4.00. The van der Waals surface area contributed by atoms with Gasteiger partial charge in [0.1, 0.15) is 5.75 Å². The Kier molecular flexibility index (Phi) is 5.10. The van der Waals surface area contributed by atoms with E-state index in [1.165, 1.54) is 0 Å². The Morgan fingerprint density at radius 2 is 2.26 bits per heavy atom. The van der Waals surface area contributed by atoms with Crippen LogP contribution in [0.15, 0.2) is 36.4 Å². The molecule has 1 unspecified atom stereocenters. The highest BCUT2D eigenvalue weighted by Gasteiger charge is 2.15. The number of nitrogens with one attached hydrogen (secondary N) is 1. The van der Waals surface area contributed by atoms with Crippen LogP contribution in [0.1, 0.15) is 18.4 Å². The molecule has 2 heterocycles. The number of aromatic hydroxyl groups is 1. The van der Waals surface area contributed by atoms with Crippen molar-refractivity contribution in [3.05, 3.63) is 42.0 Å². The Bertz CT molecular complexity index is 654. The zero-order valence-electron chi connectivity index (χ0n) is 13.3. The summed E-state index contributed by atoms with van der Waals surface area (Å²) in [5.41, 5.74) is 2.63. The van der Waals surface area contributed by atoms with Crippen molar-refractivity contribution in [1.82, 2.24) is 10.3 Å². The second-order valence-electron chi connectivity index (χ2n) is 5.67. The first-order valence-electron chi connectivity index (χ1n) is 7.92. The lowest BCUT2D eigenvalue weighted by molar-refractivity contribution is 0.110. The summed E-state index contributed by atoms with van der Waals surface area (Å²) in [6.45, 7) is 2.26. The Morgan fingerprint density at radius 1 is 1.35 bits per heavy atom. The van der Waals surface area contributed by atoms with Gasteiger partial charge in [0.15, 0.2) is 0 Å². The maximum absolute atomic E-state index is 10.1. The number of phenolic OH excluding ortho intramolecular Hbond substituents is 1. The minimum Gasteiger partial charge on any atom is -0.508 e. The molecule has 2 N–H and O–H groups in total. The summed E-state index contributed by atoms with van der Waals surface area (Å²) >= 11 is 0. The normalized spacial score (nSPS) is 17.3. The molecule has 1 aromatic heterocycles. The van der Waals surface area contributed by atoms with E-state index in [-0.39, 0.29) is 5.75 Å². The zero-order valence-corrected chi connectivity index (χ0v) is 13.3. The van der Waals surface area contributed by atoms with Crippen LogP contribution in [0, 0.1) is 0 Å². The molecule has 1 aliphatic rings. The number of ether oxygens (including phenoxy) is 2. The first kappa shape index (κ1) is 15.8. The van der Waals surface area contributed by atoms with Crippen LogP contribution in [0.5, 0.6) is 11.6 Å². The second kappa shape index (κ2) is 7.44. The summed E-state index contributed by atoms with van der Waals surface area (Å²) < 4.78 is 10.8. The predicted octanol–water partition coefficient (Wildman–Crippen LogP) is 2.73. The van der Waals surface area contributed by atoms with E-state index in [1.807, 2.05) is 30.3 Å². The molecular weight excluding hydrogens is 292 g/mol. The lowest BCUT2D eigenvalue weighted by Gasteiger charge is -2.12. The highest BCUT2D eigenvalue weighted by atomic mass is 16.5. The minimum absolute atomic E-state index is 0.288. The van der Waals surface area contributed by atoms with Gasteiger partial charge in [0, 0.05) is 36.9 Å². The van der Waals surface area contributed by atoms with Crippen LogP contribution >= 0.6 is 0 Å². The van der Waals surface area contributed by atoms with Crippen LogP contribution in [0.4, 0.5) is 0 Å². The molecule has 1 aliphatic heterocycles. The van der Waals surface area contributed by atoms with Crippen molar-refractivity contribution in [1.29, 1.82) is 0 Å². The molecule has 1 atom stereocenters. The van der Waals surface area contributed by atoms with Crippen LogP contribution in [-0.4, -0.2) is 36.5 Å². The molecule has 5 nitrogen and oxygen atoms in total. The van der Waals surface area contributed by atoms with E-state index in [4.69, 9.17) is 9.47 Å². The van der Waals surface area contributed by atoms with Crippen LogP contribution in [0.3, 0.4) is 0 Å². The lowest BCUT2D eigenvalue weighted by atomic mass is 10.1. The number of rotatable bonds is 6. The van der Waals surface area contributed by atoms with Crippen molar-refractivity contribution in [3.8, 4) is 22.9 Å². The van der Waals surface area contributed by atoms with Crippen LogP contribution < -0.4 is 10.1 Å². The lowest BCUT2D eigenvalue weighted by Crippen LogP contribution is -2.25. The Labute approximate surface area is 136 Å². The fourth-order valence-corrected chi connectivity index (χ4v) is 2.75. The van der Waals surface area contributed by atoms with E-state index in [1.54, 1.807) is 13.2 Å². The van der Waals surface area contributed by atoms with Crippen molar-refractivity contribution in [2.45, 2.75) is 25.5 Å². The van der Waals surface area contributed by atoms with Crippen molar-refractivity contribution in [2.24, 2.45) is 0 Å². The van der Waals surface area contributed by atoms with Crippen LogP contribution in [0.2, 0.25) is 0 Å². The van der Waals surface area contributed by atoms with E-state index in [2.05, 4.69) is 10.3 Å². The molecule has 3 rings (SSSR count). The Morgan fingerprint density at radius 3 is 3.04 bits per heavy atom. The molecule has 0 spiro atoms. The van der Waals surface area contributed by atoms with Crippen molar-refractivity contribution in [3.63, 3.8) is 0 Å². The molecule has 2 aromatic rings. The summed E-state index contributed by atoms with van der Waals surface area (Å²) in [6.07, 6.45) is 2.53. The molecule has 0 saturated carbocycles. The first-order chi connectivity index (χ1) is 11.3. The molecule has 0 radical (unpaired) electrons. The number of nitrogens with zero attached hydrogens (tertiary/aromatic N) is 1. The number of benzene rings is 1. The molecule has 5 heteroatoms. The van der Waals surface area contributed by atoms with Gasteiger partial charge >= 0.3 is 0 Å². The van der Waals surface area contributed by atoms with Gasteiger partial charge in [-0.05, 0) is 37.1 Å². The number of methoxy groups -OCH3 is 1. The quantitative estimate of drug-likeness (QED) is 0.858. The van der Waals surface area contributed by atoms with Gasteiger partial charge in [-0.1, -0.05) is 6.07 Å². The largest absolute Gasteiger partial charge is 0.508 e. The summed E-state index contributed by atoms with van der Waals surface area (Å²) in [5, 5.41) is 13.4. The van der Waals surface area contributed by atoms with Crippen LogP contribution in [-0.2, 0) is 11.3 Å². The smallest absolute Gasteiger partial charge is 0.213 e.